The quantitative estimate of drug-likeness (QED) is 0.531. The van der Waals surface area contributed by atoms with Gasteiger partial charge in [0.15, 0.2) is 11.6 Å². The first kappa shape index (κ1) is 17.3. The Bertz CT molecular complexity index is 957. The van der Waals surface area contributed by atoms with Crippen LogP contribution in [0.5, 0.6) is 5.75 Å². The molecule has 25 heavy (non-hydrogen) atoms. The zero-order chi connectivity index (χ0) is 18.0. The van der Waals surface area contributed by atoms with E-state index < -0.39 is 17.0 Å². The summed E-state index contributed by atoms with van der Waals surface area (Å²) in [5, 5.41) is 13.3. The normalized spacial score (nSPS) is 13.0. The molecule has 4 nitrogen and oxygen atoms in total. The Labute approximate surface area is 148 Å². The smallest absolute Gasteiger partial charge is 0.166 e. The molecule has 1 heterocycles. The lowest BCUT2D eigenvalue weighted by atomic mass is 10.1. The molecule has 128 valence electrons. The van der Waals surface area contributed by atoms with Crippen molar-refractivity contribution in [1.82, 2.24) is 4.98 Å². The van der Waals surface area contributed by atoms with Gasteiger partial charge in [-0.25, -0.2) is 4.39 Å². The summed E-state index contributed by atoms with van der Waals surface area (Å²) in [6.07, 6.45) is 5.18. The van der Waals surface area contributed by atoms with Crippen LogP contribution in [0.3, 0.4) is 0 Å². The molecule has 0 aliphatic carbocycles. The minimum atomic E-state index is -1.01. The average molecular weight is 356 g/mol. The lowest BCUT2D eigenvalue weighted by Crippen LogP contribution is -1.97. The largest absolute Gasteiger partial charge is 0.612 e. The molecule has 6 heteroatoms. The summed E-state index contributed by atoms with van der Waals surface area (Å²) in [6, 6.07) is 11.7. The zero-order valence-electron chi connectivity index (χ0n) is 13.8. The lowest BCUT2D eigenvalue weighted by molar-refractivity contribution is 0.432. The van der Waals surface area contributed by atoms with Crippen molar-refractivity contribution in [2.24, 2.45) is 0 Å². The number of fused-ring (bicyclic) bond motifs is 1. The molecule has 0 saturated carbocycles. The first-order valence-electron chi connectivity index (χ1n) is 7.60. The number of pyridine rings is 1. The minimum absolute atomic E-state index is 0.384. The predicted molar refractivity (Wildman–Crippen MR) is 101 cm³/mol. The van der Waals surface area contributed by atoms with Crippen LogP contribution in [0, 0.1) is 5.82 Å². The van der Waals surface area contributed by atoms with E-state index >= 15 is 0 Å². The van der Waals surface area contributed by atoms with Crippen LogP contribution in [0.4, 0.5) is 15.8 Å². The number of benzene rings is 2. The monoisotopic (exact) mass is 356 g/mol. The van der Waals surface area contributed by atoms with Crippen LogP contribution >= 0.6 is 0 Å². The number of aromatic nitrogens is 1. The molecule has 0 bridgehead atoms. The van der Waals surface area contributed by atoms with Crippen LogP contribution in [-0.2, 0) is 11.2 Å². The molecule has 0 amide bonds. The number of aromatic hydroxyl groups is 1. The Morgan fingerprint density at radius 3 is 2.76 bits per heavy atom. The molecule has 0 aliphatic heterocycles. The third-order valence-electron chi connectivity index (χ3n) is 3.82. The van der Waals surface area contributed by atoms with Crippen molar-refractivity contribution >= 4 is 39.5 Å². The SMILES string of the molecule is C/C(=C/c1ccc2c(Nc3ccc(O)c(F)c3)ccnc2c1)[S+](C)[O-]. The van der Waals surface area contributed by atoms with Crippen LogP contribution < -0.4 is 5.32 Å². The first-order chi connectivity index (χ1) is 11.9. The number of hydrogen-bond acceptors (Lipinski definition) is 4. The number of anilines is 2. The molecule has 0 aliphatic rings. The minimum Gasteiger partial charge on any atom is -0.612 e. The Morgan fingerprint density at radius 1 is 1.24 bits per heavy atom. The van der Waals surface area contributed by atoms with Crippen molar-refractivity contribution in [1.29, 1.82) is 0 Å². The number of nitrogens with one attached hydrogen (secondary N) is 1. The van der Waals surface area contributed by atoms with E-state index in [9.17, 15) is 14.0 Å². The van der Waals surface area contributed by atoms with Crippen molar-refractivity contribution in [3.8, 4) is 5.75 Å². The molecule has 3 aromatic rings. The molecule has 3 rings (SSSR count). The highest BCUT2D eigenvalue weighted by Gasteiger charge is 2.07. The maximum absolute atomic E-state index is 13.5. The number of rotatable bonds is 4. The summed E-state index contributed by atoms with van der Waals surface area (Å²) >= 11 is -1.01. The van der Waals surface area contributed by atoms with Gasteiger partial charge in [-0.3, -0.25) is 4.98 Å². The van der Waals surface area contributed by atoms with Crippen molar-refractivity contribution in [2.75, 3.05) is 11.6 Å². The summed E-state index contributed by atoms with van der Waals surface area (Å²) in [5.74, 6) is -1.07. The predicted octanol–water partition coefficient (Wildman–Crippen LogP) is 4.56. The molecule has 2 aromatic carbocycles. The molecule has 2 N–H and O–H groups in total. The summed E-state index contributed by atoms with van der Waals surface area (Å²) in [5.41, 5.74) is 3.00. The Morgan fingerprint density at radius 2 is 2.04 bits per heavy atom. The summed E-state index contributed by atoms with van der Waals surface area (Å²) in [6.45, 7) is 1.82. The number of phenols is 1. The molecule has 0 saturated heterocycles. The van der Waals surface area contributed by atoms with Crippen LogP contribution in [-0.4, -0.2) is 20.9 Å². The van der Waals surface area contributed by atoms with Crippen LogP contribution in [0.1, 0.15) is 12.5 Å². The lowest BCUT2D eigenvalue weighted by Gasteiger charge is -2.10. The molecule has 0 spiro atoms. The van der Waals surface area contributed by atoms with Gasteiger partial charge in [0.1, 0.15) is 11.2 Å². The van der Waals surface area contributed by atoms with Crippen molar-refractivity contribution in [3.63, 3.8) is 0 Å². The van der Waals surface area contributed by atoms with Gasteiger partial charge < -0.3 is 15.0 Å². The Kier molecular flexibility index (Phi) is 4.92. The first-order valence-corrected chi connectivity index (χ1v) is 9.16. The van der Waals surface area contributed by atoms with Gasteiger partial charge in [0, 0.05) is 35.9 Å². The van der Waals surface area contributed by atoms with Gasteiger partial charge in [-0.15, -0.1) is 0 Å². The molecule has 1 atom stereocenters. The van der Waals surface area contributed by atoms with Gasteiger partial charge in [0.05, 0.1) is 5.52 Å². The molecule has 1 unspecified atom stereocenters. The maximum Gasteiger partial charge on any atom is 0.166 e. The molecular formula is C19H17FN2O2S. The molecule has 1 aromatic heterocycles. The van der Waals surface area contributed by atoms with E-state index in [2.05, 4.69) is 10.3 Å². The summed E-state index contributed by atoms with van der Waals surface area (Å²) in [4.78, 5) is 5.15. The summed E-state index contributed by atoms with van der Waals surface area (Å²) in [7, 11) is 0. The van der Waals surface area contributed by atoms with Gasteiger partial charge in [-0.05, 0) is 47.1 Å². The molecule has 0 radical (unpaired) electrons. The second-order valence-corrected chi connectivity index (χ2v) is 7.19. The average Bonchev–Trinajstić information content (AvgIpc) is 2.58. The van der Waals surface area contributed by atoms with E-state index in [0.717, 1.165) is 27.1 Å². The standard InChI is InChI=1S/C19H17FN2O2S/c1-12(25(2)24)9-13-3-5-15-17(7-8-21-18(15)10-13)22-14-4-6-19(23)16(20)11-14/h3-11,23H,1-2H3,(H,21,22)/b12-9-. The van der Waals surface area contributed by atoms with E-state index in [4.69, 9.17) is 0 Å². The number of allylic oxidation sites excluding steroid dienone is 1. The number of hydrogen-bond donors (Lipinski definition) is 2. The van der Waals surface area contributed by atoms with E-state index in [0.29, 0.717) is 5.69 Å². The van der Waals surface area contributed by atoms with Crippen LogP contribution in [0.15, 0.2) is 53.6 Å². The van der Waals surface area contributed by atoms with E-state index in [1.165, 1.54) is 12.1 Å². The second kappa shape index (κ2) is 7.13. The third kappa shape index (κ3) is 3.92. The third-order valence-corrected chi connectivity index (χ3v) is 4.84. The second-order valence-electron chi connectivity index (χ2n) is 5.64. The maximum atomic E-state index is 13.5. The van der Waals surface area contributed by atoms with Crippen molar-refractivity contribution < 1.29 is 14.0 Å². The van der Waals surface area contributed by atoms with Crippen LogP contribution in [0.25, 0.3) is 17.0 Å². The summed E-state index contributed by atoms with van der Waals surface area (Å²) < 4.78 is 25.0. The number of halogens is 1. The van der Waals surface area contributed by atoms with Gasteiger partial charge in [0.2, 0.25) is 0 Å². The fourth-order valence-electron chi connectivity index (χ4n) is 2.42. The van der Waals surface area contributed by atoms with Gasteiger partial charge in [-0.1, -0.05) is 12.1 Å². The van der Waals surface area contributed by atoms with Crippen molar-refractivity contribution in [2.45, 2.75) is 6.92 Å². The zero-order valence-corrected chi connectivity index (χ0v) is 14.6. The van der Waals surface area contributed by atoms with Crippen LogP contribution in [0.2, 0.25) is 0 Å². The van der Waals surface area contributed by atoms with Gasteiger partial charge in [0.25, 0.3) is 0 Å². The topological polar surface area (TPSA) is 68.2 Å². The van der Waals surface area contributed by atoms with E-state index in [1.807, 2.05) is 31.2 Å². The fourth-order valence-corrected chi connectivity index (χ4v) is 2.72. The highest BCUT2D eigenvalue weighted by Crippen LogP contribution is 2.28. The van der Waals surface area contributed by atoms with Crippen molar-refractivity contribution in [3.05, 3.63) is 64.9 Å². The molecule has 0 fully saturated rings. The highest BCUT2D eigenvalue weighted by molar-refractivity contribution is 7.94. The fraction of sp³-hybridized carbons (Fsp3) is 0.105. The van der Waals surface area contributed by atoms with Gasteiger partial charge in [-0.2, -0.15) is 0 Å². The number of phenolic OH excluding ortho intramolecular Hbond substituents is 1. The number of nitrogens with zero attached hydrogens (tertiary/aromatic N) is 1. The molecular weight excluding hydrogens is 339 g/mol. The van der Waals surface area contributed by atoms with E-state index in [-0.39, 0.29) is 5.75 Å². The van der Waals surface area contributed by atoms with Gasteiger partial charge >= 0.3 is 0 Å². The highest BCUT2D eigenvalue weighted by atomic mass is 32.2. The van der Waals surface area contributed by atoms with E-state index in [1.54, 1.807) is 24.6 Å². The Balaban J connectivity index is 1.97. The Hall–Kier alpha value is -2.57.